The van der Waals surface area contributed by atoms with Crippen molar-refractivity contribution < 1.29 is 0 Å². The first-order chi connectivity index (χ1) is 8.70. The zero-order chi connectivity index (χ0) is 13.0. The highest BCUT2D eigenvalue weighted by Gasteiger charge is 2.06. The number of hydrogen-bond donors (Lipinski definition) is 1. The molecule has 94 valence electrons. The molecular weight excluding hydrogens is 220 g/mol. The van der Waals surface area contributed by atoms with Crippen LogP contribution in [0.1, 0.15) is 36.5 Å². The number of benzene rings is 1. The maximum atomic E-state index is 4.29. The van der Waals surface area contributed by atoms with Gasteiger partial charge in [-0.2, -0.15) is 5.10 Å². The fourth-order valence-electron chi connectivity index (χ4n) is 2.05. The van der Waals surface area contributed by atoms with Crippen LogP contribution >= 0.6 is 0 Å². The molecule has 1 aliphatic rings. The summed E-state index contributed by atoms with van der Waals surface area (Å²) in [5.74, 6) is 0. The van der Waals surface area contributed by atoms with Crippen molar-refractivity contribution in [2.75, 3.05) is 0 Å². The second-order valence-electron chi connectivity index (χ2n) is 4.71. The monoisotopic (exact) mass is 240 g/mol. The predicted molar refractivity (Wildman–Crippen MR) is 77.7 cm³/mol. The Morgan fingerprint density at radius 1 is 1.28 bits per heavy atom. The van der Waals surface area contributed by atoms with Gasteiger partial charge in [0.1, 0.15) is 0 Å². The van der Waals surface area contributed by atoms with Crippen molar-refractivity contribution >= 4 is 5.71 Å². The lowest BCUT2D eigenvalue weighted by molar-refractivity contribution is 0.791. The molecule has 0 radical (unpaired) electrons. The molecule has 1 N–H and O–H groups in total. The minimum Gasteiger partial charge on any atom is -0.279 e. The van der Waals surface area contributed by atoms with Crippen molar-refractivity contribution in [1.29, 1.82) is 0 Å². The van der Waals surface area contributed by atoms with Crippen molar-refractivity contribution in [3.05, 3.63) is 59.3 Å². The van der Waals surface area contributed by atoms with Gasteiger partial charge in [0.15, 0.2) is 0 Å². The molecule has 0 bridgehead atoms. The Balaban J connectivity index is 2.19. The lowest BCUT2D eigenvalue weighted by Gasteiger charge is -2.11. The van der Waals surface area contributed by atoms with Crippen LogP contribution in [0, 0.1) is 6.92 Å². The first-order valence-corrected chi connectivity index (χ1v) is 6.51. The average molecular weight is 240 g/mol. The molecule has 0 aliphatic carbocycles. The molecule has 0 saturated carbocycles. The van der Waals surface area contributed by atoms with Gasteiger partial charge >= 0.3 is 0 Å². The number of hydrazone groups is 1. The van der Waals surface area contributed by atoms with E-state index in [9.17, 15) is 0 Å². The molecule has 2 nitrogen and oxygen atoms in total. The molecule has 1 aliphatic heterocycles. The van der Waals surface area contributed by atoms with Crippen LogP contribution in [0.2, 0.25) is 0 Å². The molecule has 18 heavy (non-hydrogen) atoms. The van der Waals surface area contributed by atoms with Gasteiger partial charge in [-0.1, -0.05) is 32.1 Å². The first kappa shape index (κ1) is 12.6. The molecule has 0 spiro atoms. The van der Waals surface area contributed by atoms with Gasteiger partial charge in [-0.05, 0) is 49.1 Å². The van der Waals surface area contributed by atoms with Crippen LogP contribution in [-0.4, -0.2) is 5.71 Å². The second kappa shape index (κ2) is 5.67. The number of nitrogens with zero attached hydrogens (tertiary/aromatic N) is 1. The normalized spacial score (nSPS) is 14.3. The summed E-state index contributed by atoms with van der Waals surface area (Å²) in [4.78, 5) is 0. The van der Waals surface area contributed by atoms with Crippen molar-refractivity contribution in [1.82, 2.24) is 5.43 Å². The van der Waals surface area contributed by atoms with Gasteiger partial charge in [-0.15, -0.1) is 0 Å². The molecule has 0 atom stereocenters. The predicted octanol–water partition coefficient (Wildman–Crippen LogP) is 3.71. The van der Waals surface area contributed by atoms with E-state index in [0.717, 1.165) is 17.0 Å². The van der Waals surface area contributed by atoms with Crippen molar-refractivity contribution in [3.8, 4) is 0 Å². The van der Waals surface area contributed by atoms with Gasteiger partial charge < -0.3 is 0 Å². The lowest BCUT2D eigenvalue weighted by atomic mass is 9.98. The number of nitrogens with one attached hydrogen (secondary N) is 1. The summed E-state index contributed by atoms with van der Waals surface area (Å²) < 4.78 is 0. The molecule has 2 rings (SSSR count). The van der Waals surface area contributed by atoms with Crippen LogP contribution in [-0.2, 0) is 6.42 Å². The fourth-order valence-corrected chi connectivity index (χ4v) is 2.05. The van der Waals surface area contributed by atoms with E-state index in [1.54, 1.807) is 0 Å². The summed E-state index contributed by atoms with van der Waals surface area (Å²) in [5, 5.41) is 4.29. The topological polar surface area (TPSA) is 24.4 Å². The minimum absolute atomic E-state index is 0.829. The zero-order valence-corrected chi connectivity index (χ0v) is 11.2. The Hall–Kier alpha value is -1.83. The number of allylic oxidation sites excluding steroid dienone is 2. The van der Waals surface area contributed by atoms with Gasteiger partial charge in [-0.25, -0.2) is 0 Å². The molecule has 2 heteroatoms. The third kappa shape index (κ3) is 2.89. The van der Waals surface area contributed by atoms with Crippen LogP contribution in [0.3, 0.4) is 0 Å². The average Bonchev–Trinajstić information content (AvgIpc) is 2.38. The van der Waals surface area contributed by atoms with Gasteiger partial charge in [0.25, 0.3) is 0 Å². The number of rotatable bonds is 4. The third-order valence-electron chi connectivity index (χ3n) is 3.20. The van der Waals surface area contributed by atoms with Crippen molar-refractivity contribution in [3.63, 3.8) is 0 Å². The summed E-state index contributed by atoms with van der Waals surface area (Å²) in [6, 6.07) is 6.58. The van der Waals surface area contributed by atoms with E-state index in [1.807, 2.05) is 12.2 Å². The SMILES string of the molecule is C=C1C=CC(c2ccc(CCCC)c(C)c2)=NN1. The van der Waals surface area contributed by atoms with Crippen LogP contribution in [0.5, 0.6) is 0 Å². The van der Waals surface area contributed by atoms with Crippen LogP contribution in [0.25, 0.3) is 0 Å². The summed E-state index contributed by atoms with van der Waals surface area (Å²) in [6.07, 6.45) is 7.60. The van der Waals surface area contributed by atoms with Crippen molar-refractivity contribution in [2.24, 2.45) is 5.10 Å². The maximum absolute atomic E-state index is 4.29. The molecule has 1 heterocycles. The molecule has 1 aromatic rings. The number of hydrogen-bond acceptors (Lipinski definition) is 2. The summed E-state index contributed by atoms with van der Waals surface area (Å²) in [6.45, 7) is 8.20. The molecule has 0 saturated heterocycles. The number of aryl methyl sites for hydroxylation is 2. The summed E-state index contributed by atoms with van der Waals surface area (Å²) in [7, 11) is 0. The first-order valence-electron chi connectivity index (χ1n) is 6.51. The van der Waals surface area contributed by atoms with Crippen molar-refractivity contribution in [2.45, 2.75) is 33.1 Å². The quantitative estimate of drug-likeness (QED) is 0.852. The van der Waals surface area contributed by atoms with E-state index in [0.29, 0.717) is 0 Å². The molecule has 0 unspecified atom stereocenters. The van der Waals surface area contributed by atoms with E-state index in [-0.39, 0.29) is 0 Å². The van der Waals surface area contributed by atoms with E-state index in [2.05, 4.69) is 49.2 Å². The van der Waals surface area contributed by atoms with E-state index in [1.165, 1.54) is 30.4 Å². The molecule has 0 amide bonds. The highest BCUT2D eigenvalue weighted by atomic mass is 15.3. The molecule has 1 aromatic carbocycles. The summed E-state index contributed by atoms with van der Waals surface area (Å²) >= 11 is 0. The van der Waals surface area contributed by atoms with Gasteiger partial charge in [0, 0.05) is 11.3 Å². The van der Waals surface area contributed by atoms with Gasteiger partial charge in [-0.3, -0.25) is 5.43 Å². The minimum atomic E-state index is 0.829. The molecular formula is C16H20N2. The third-order valence-corrected chi connectivity index (χ3v) is 3.20. The van der Waals surface area contributed by atoms with E-state index in [4.69, 9.17) is 0 Å². The maximum Gasteiger partial charge on any atom is 0.0906 e. The Morgan fingerprint density at radius 2 is 2.11 bits per heavy atom. The molecule has 0 fully saturated rings. The Morgan fingerprint density at radius 3 is 2.72 bits per heavy atom. The Kier molecular flexibility index (Phi) is 3.98. The Labute approximate surface area is 109 Å². The van der Waals surface area contributed by atoms with Gasteiger partial charge in [0.05, 0.1) is 5.71 Å². The summed E-state index contributed by atoms with van der Waals surface area (Å²) in [5.41, 5.74) is 8.65. The van der Waals surface area contributed by atoms with Crippen LogP contribution in [0.4, 0.5) is 0 Å². The van der Waals surface area contributed by atoms with E-state index >= 15 is 0 Å². The van der Waals surface area contributed by atoms with E-state index < -0.39 is 0 Å². The number of unbranched alkanes of at least 4 members (excludes halogenated alkanes) is 1. The van der Waals surface area contributed by atoms with Crippen LogP contribution in [0.15, 0.2) is 47.7 Å². The zero-order valence-electron chi connectivity index (χ0n) is 11.2. The molecule has 0 aromatic heterocycles. The Bertz CT molecular complexity index is 510. The highest BCUT2D eigenvalue weighted by Crippen LogP contribution is 2.16. The van der Waals surface area contributed by atoms with Gasteiger partial charge in [0.2, 0.25) is 0 Å². The largest absolute Gasteiger partial charge is 0.279 e. The fraction of sp³-hybridized carbons (Fsp3) is 0.312. The highest BCUT2D eigenvalue weighted by molar-refractivity contribution is 6.09. The smallest absolute Gasteiger partial charge is 0.0906 e. The van der Waals surface area contributed by atoms with Crippen LogP contribution < -0.4 is 5.43 Å². The lowest BCUT2D eigenvalue weighted by Crippen LogP contribution is -2.13. The standard InChI is InChI=1S/C16H20N2/c1-4-5-6-14-8-9-15(11-12(14)2)16-10-7-13(3)17-18-16/h7-11,17H,3-6H2,1-2H3. The second-order valence-corrected chi connectivity index (χ2v) is 4.71.